The maximum Gasteiger partial charge on any atom is 0.334 e. The molecule has 1 aromatic rings. The van der Waals surface area contributed by atoms with Crippen LogP contribution < -0.4 is 5.32 Å². The van der Waals surface area contributed by atoms with Crippen molar-refractivity contribution in [2.45, 2.75) is 37.9 Å². The number of ketones is 1. The molecule has 9 heteroatoms. The van der Waals surface area contributed by atoms with Gasteiger partial charge in [0.1, 0.15) is 11.8 Å². The number of nitrogens with one attached hydrogen (secondary N) is 1. The van der Waals surface area contributed by atoms with Gasteiger partial charge in [0.25, 0.3) is 5.91 Å². The molecule has 1 aromatic carbocycles. The number of amides is 1. The van der Waals surface area contributed by atoms with Crippen LogP contribution in [0.1, 0.15) is 41.6 Å². The Balaban J connectivity index is 2.09. The quantitative estimate of drug-likeness (QED) is 0.518. The van der Waals surface area contributed by atoms with Crippen molar-refractivity contribution in [3.63, 3.8) is 0 Å². The average Bonchev–Trinajstić information content (AvgIpc) is 2.71. The van der Waals surface area contributed by atoms with Crippen molar-refractivity contribution in [3.05, 3.63) is 35.4 Å². The molecule has 0 saturated heterocycles. The lowest BCUT2D eigenvalue weighted by molar-refractivity contribution is -0.145. The van der Waals surface area contributed by atoms with Crippen molar-refractivity contribution in [1.29, 1.82) is 0 Å². The first-order chi connectivity index (χ1) is 13.3. The number of benzene rings is 1. The molecule has 154 valence electrons. The molecule has 1 saturated carbocycles. The molecular weight excluding hydrogens is 385 g/mol. The summed E-state index contributed by atoms with van der Waals surface area (Å²) in [6.45, 7) is 0. The molecule has 1 amide bonds. The minimum absolute atomic E-state index is 0.0802. The summed E-state index contributed by atoms with van der Waals surface area (Å²) in [5.41, 5.74) is 1.02. The second kappa shape index (κ2) is 9.96. The third-order valence-corrected chi connectivity index (χ3v) is 6.75. The Morgan fingerprint density at radius 2 is 1.82 bits per heavy atom. The lowest BCUT2D eigenvalue weighted by Crippen LogP contribution is -2.48. The lowest BCUT2D eigenvalue weighted by Gasteiger charge is -2.28. The van der Waals surface area contributed by atoms with Gasteiger partial charge in [-0.15, -0.1) is 0 Å². The first-order valence-corrected chi connectivity index (χ1v) is 10.7. The number of hydrogen-bond acceptors (Lipinski definition) is 7. The van der Waals surface area contributed by atoms with E-state index in [1.807, 2.05) is 0 Å². The molecular formula is C19H26NO7P. The van der Waals surface area contributed by atoms with E-state index in [2.05, 4.69) is 5.32 Å². The molecule has 28 heavy (non-hydrogen) atoms. The van der Waals surface area contributed by atoms with Crippen LogP contribution in [0.4, 0.5) is 0 Å². The molecule has 0 aromatic heterocycles. The van der Waals surface area contributed by atoms with Gasteiger partial charge in [-0.25, -0.2) is 4.79 Å². The number of hydrogen-bond donors (Lipinski definition) is 1. The lowest BCUT2D eigenvalue weighted by atomic mass is 9.83. The van der Waals surface area contributed by atoms with Crippen LogP contribution in [0, 0.1) is 5.92 Å². The van der Waals surface area contributed by atoms with Gasteiger partial charge in [0.2, 0.25) is 0 Å². The summed E-state index contributed by atoms with van der Waals surface area (Å²) in [4.78, 5) is 36.5. The second-order valence-electron chi connectivity index (χ2n) is 6.70. The van der Waals surface area contributed by atoms with Gasteiger partial charge >= 0.3 is 13.6 Å². The predicted molar refractivity (Wildman–Crippen MR) is 102 cm³/mol. The number of ether oxygens (including phenoxy) is 1. The number of Topliss-reactive ketones (excluding diaryl/α,β-unsaturated/α-hetero) is 1. The van der Waals surface area contributed by atoms with Crippen LogP contribution in [-0.4, -0.2) is 45.0 Å². The molecule has 1 aliphatic rings. The standard InChI is InChI=1S/C19H26NO7P/c1-25-19(23)17(15-5-4-6-16(21)11-15)20-18(22)14-9-7-13(8-10-14)12-28(24,26-2)27-3/h7-10,15,17H,4-6,11-12H2,1-3H3,(H,20,22)/t15-,17-/m1/s1. The minimum atomic E-state index is -3.20. The smallest absolute Gasteiger partial charge is 0.334 e. The van der Waals surface area contributed by atoms with E-state index in [-0.39, 0.29) is 24.3 Å². The molecule has 0 aliphatic heterocycles. The highest BCUT2D eigenvalue weighted by molar-refractivity contribution is 7.52. The van der Waals surface area contributed by atoms with Gasteiger partial charge in [-0.3, -0.25) is 14.2 Å². The Bertz CT molecular complexity index is 754. The summed E-state index contributed by atoms with van der Waals surface area (Å²) >= 11 is 0. The van der Waals surface area contributed by atoms with E-state index in [1.165, 1.54) is 21.3 Å². The minimum Gasteiger partial charge on any atom is -0.467 e. The fourth-order valence-corrected chi connectivity index (χ4v) is 4.32. The van der Waals surface area contributed by atoms with Crippen LogP contribution in [0.15, 0.2) is 24.3 Å². The number of rotatable bonds is 8. The van der Waals surface area contributed by atoms with Crippen LogP contribution in [-0.2, 0) is 34.1 Å². The van der Waals surface area contributed by atoms with Crippen LogP contribution >= 0.6 is 7.60 Å². The molecule has 0 spiro atoms. The first kappa shape index (κ1) is 22.3. The maximum absolute atomic E-state index is 12.6. The van der Waals surface area contributed by atoms with E-state index in [0.717, 1.165) is 0 Å². The zero-order chi connectivity index (χ0) is 20.7. The molecule has 1 fully saturated rings. The number of carbonyl (C=O) groups excluding carboxylic acids is 3. The summed E-state index contributed by atoms with van der Waals surface area (Å²) in [5.74, 6) is -1.19. The summed E-state index contributed by atoms with van der Waals surface area (Å²) in [6.07, 6.45) is 2.21. The van der Waals surface area contributed by atoms with E-state index >= 15 is 0 Å². The molecule has 1 N–H and O–H groups in total. The highest BCUT2D eigenvalue weighted by atomic mass is 31.2. The van der Waals surface area contributed by atoms with Crippen molar-refractivity contribution in [3.8, 4) is 0 Å². The van der Waals surface area contributed by atoms with Crippen molar-refractivity contribution in [1.82, 2.24) is 5.32 Å². The normalized spacial score (nSPS) is 18.4. The number of esters is 1. The molecule has 0 heterocycles. The summed E-state index contributed by atoms with van der Waals surface area (Å²) in [7, 11) is 0.684. The molecule has 2 atom stereocenters. The molecule has 0 radical (unpaired) electrons. The maximum atomic E-state index is 12.6. The monoisotopic (exact) mass is 411 g/mol. The summed E-state index contributed by atoms with van der Waals surface area (Å²) in [5, 5.41) is 2.69. The van der Waals surface area contributed by atoms with Crippen molar-refractivity contribution >= 4 is 25.3 Å². The van der Waals surface area contributed by atoms with Gasteiger partial charge < -0.3 is 19.1 Å². The zero-order valence-corrected chi connectivity index (χ0v) is 17.2. The summed E-state index contributed by atoms with van der Waals surface area (Å²) < 4.78 is 26.8. The highest BCUT2D eigenvalue weighted by Gasteiger charge is 2.34. The van der Waals surface area contributed by atoms with Gasteiger partial charge in [-0.2, -0.15) is 0 Å². The van der Waals surface area contributed by atoms with Gasteiger partial charge in [-0.1, -0.05) is 12.1 Å². The molecule has 8 nitrogen and oxygen atoms in total. The van der Waals surface area contributed by atoms with Gasteiger partial charge in [0.15, 0.2) is 0 Å². The molecule has 0 bridgehead atoms. The van der Waals surface area contributed by atoms with Crippen LogP contribution in [0.2, 0.25) is 0 Å². The topological polar surface area (TPSA) is 108 Å². The zero-order valence-electron chi connectivity index (χ0n) is 16.3. The molecule has 0 unspecified atom stereocenters. The fraction of sp³-hybridized carbons (Fsp3) is 0.526. The fourth-order valence-electron chi connectivity index (χ4n) is 3.25. The van der Waals surface area contributed by atoms with E-state index in [0.29, 0.717) is 30.4 Å². The van der Waals surface area contributed by atoms with Crippen molar-refractivity contribution in [2.75, 3.05) is 21.3 Å². The Kier molecular flexibility index (Phi) is 7.92. The van der Waals surface area contributed by atoms with E-state index < -0.39 is 25.5 Å². The Morgan fingerprint density at radius 3 is 2.36 bits per heavy atom. The predicted octanol–water partition coefficient (Wildman–Crippen LogP) is 2.70. The molecule has 1 aliphatic carbocycles. The van der Waals surface area contributed by atoms with E-state index in [1.54, 1.807) is 24.3 Å². The van der Waals surface area contributed by atoms with Gasteiger partial charge in [0.05, 0.1) is 13.3 Å². The Hall–Kier alpha value is -2.02. The second-order valence-corrected chi connectivity index (χ2v) is 8.97. The van der Waals surface area contributed by atoms with Gasteiger partial charge in [0, 0.05) is 32.6 Å². The summed E-state index contributed by atoms with van der Waals surface area (Å²) in [6, 6.07) is 5.57. The Labute approximate surface area is 164 Å². The number of methoxy groups -OCH3 is 1. The first-order valence-electron chi connectivity index (χ1n) is 9.01. The third-order valence-electron chi connectivity index (χ3n) is 4.88. The third kappa shape index (κ3) is 5.74. The van der Waals surface area contributed by atoms with Crippen molar-refractivity contribution < 1.29 is 32.7 Å². The van der Waals surface area contributed by atoms with E-state index in [4.69, 9.17) is 13.8 Å². The van der Waals surface area contributed by atoms with Crippen LogP contribution in [0.3, 0.4) is 0 Å². The largest absolute Gasteiger partial charge is 0.467 e. The Morgan fingerprint density at radius 1 is 1.18 bits per heavy atom. The SMILES string of the molecule is COC(=O)[C@H](NC(=O)c1ccc(CP(=O)(OC)OC)cc1)[C@@H]1CCCC(=O)C1. The van der Waals surface area contributed by atoms with Gasteiger partial charge in [-0.05, 0) is 36.5 Å². The number of carbonyl (C=O) groups is 3. The van der Waals surface area contributed by atoms with Crippen molar-refractivity contribution in [2.24, 2.45) is 5.92 Å². The molecule has 2 rings (SSSR count). The average molecular weight is 411 g/mol. The van der Waals surface area contributed by atoms with Crippen LogP contribution in [0.5, 0.6) is 0 Å². The van der Waals surface area contributed by atoms with Crippen LogP contribution in [0.25, 0.3) is 0 Å². The van der Waals surface area contributed by atoms with E-state index in [9.17, 15) is 18.9 Å². The highest BCUT2D eigenvalue weighted by Crippen LogP contribution is 2.49.